The second-order valence-electron chi connectivity index (χ2n) is 22.0. The van der Waals surface area contributed by atoms with Gasteiger partial charge in [-0.2, -0.15) is 0 Å². The van der Waals surface area contributed by atoms with E-state index in [-0.39, 0.29) is 0 Å². The van der Waals surface area contributed by atoms with Crippen molar-refractivity contribution in [3.8, 4) is 0 Å². The molecular weight excluding hydrogens is 952 g/mol. The Kier molecular flexibility index (Phi) is 26.7. The molecule has 6 aromatic rings. The van der Waals surface area contributed by atoms with Gasteiger partial charge in [-0.1, -0.05) is 97.8 Å². The molecule has 75 heavy (non-hydrogen) atoms. The van der Waals surface area contributed by atoms with Crippen molar-refractivity contribution in [3.63, 3.8) is 0 Å². The van der Waals surface area contributed by atoms with Crippen LogP contribution in [-0.4, -0.2) is 8.42 Å². The SMILES string of the molecule is CCCCCCCCCCCCc1c(CCCCCCCCCCCC)c(S(=O)(=O)OP(c2ccccc2)(c2ccccc2)(c2ccccc2)c2ccccc2)c2ccccc2c1CCCCCCCCCCCC. The minimum atomic E-state index is -4.62. The molecule has 0 fully saturated rings. The molecule has 0 unspecified atom stereocenters. The number of fused-ring (bicyclic) bond motifs is 1. The summed E-state index contributed by atoms with van der Waals surface area (Å²) in [6, 6.07) is 49.8. The van der Waals surface area contributed by atoms with Crippen molar-refractivity contribution in [1.29, 1.82) is 0 Å². The average molecular weight is 1050 g/mol. The Balaban J connectivity index is 1.49. The molecule has 0 atom stereocenters. The number of unbranched alkanes of at least 4 members (excludes halogenated alkanes) is 27. The molecule has 3 nitrogen and oxygen atoms in total. The van der Waals surface area contributed by atoms with E-state index in [1.54, 1.807) is 0 Å². The molecule has 0 saturated heterocycles. The fourth-order valence-corrected chi connectivity index (χ4v) is 21.2. The number of rotatable bonds is 40. The van der Waals surface area contributed by atoms with Gasteiger partial charge in [-0.05, 0) is 0 Å². The third kappa shape index (κ3) is 16.5. The van der Waals surface area contributed by atoms with Crippen molar-refractivity contribution in [2.45, 2.75) is 238 Å². The van der Waals surface area contributed by atoms with Crippen LogP contribution in [0.15, 0.2) is 150 Å². The molecule has 0 saturated carbocycles. The molecule has 0 bridgehead atoms. The molecule has 0 heterocycles. The first-order valence-electron chi connectivity index (χ1n) is 30.7. The molecule has 0 amide bonds. The minimum Gasteiger partial charge on any atom is -0.0654 e. The molecule has 0 aliphatic carbocycles. The molecule has 0 aromatic heterocycles. The monoisotopic (exact) mass is 1050 g/mol. The van der Waals surface area contributed by atoms with E-state index in [4.69, 9.17) is 3.97 Å². The van der Waals surface area contributed by atoms with Crippen LogP contribution in [0, 0.1) is 0 Å². The Labute approximate surface area is 458 Å². The number of hydrogen-bond donors (Lipinski definition) is 0. The topological polar surface area (TPSA) is 43.4 Å². The zero-order valence-electron chi connectivity index (χ0n) is 47.3. The van der Waals surface area contributed by atoms with Gasteiger partial charge in [0.2, 0.25) is 0 Å². The van der Waals surface area contributed by atoms with Crippen LogP contribution in [-0.2, 0) is 33.4 Å². The van der Waals surface area contributed by atoms with Gasteiger partial charge in [-0.15, -0.1) is 0 Å². The van der Waals surface area contributed by atoms with Crippen LogP contribution in [0.1, 0.15) is 230 Å². The Morgan fingerprint density at radius 2 is 0.547 bits per heavy atom. The van der Waals surface area contributed by atoms with E-state index in [9.17, 15) is 0 Å². The Bertz CT molecular complexity index is 2410. The summed E-state index contributed by atoms with van der Waals surface area (Å²) < 4.78 is 41.7. The van der Waals surface area contributed by atoms with E-state index in [0.717, 1.165) is 88.9 Å². The van der Waals surface area contributed by atoms with Crippen LogP contribution in [0.25, 0.3) is 10.8 Å². The van der Waals surface area contributed by atoms with Crippen molar-refractivity contribution in [1.82, 2.24) is 0 Å². The van der Waals surface area contributed by atoms with Crippen LogP contribution >= 0.6 is 6.83 Å². The fourth-order valence-electron chi connectivity index (χ4n) is 12.2. The van der Waals surface area contributed by atoms with Crippen LogP contribution in [0.3, 0.4) is 0 Å². The van der Waals surface area contributed by atoms with Gasteiger partial charge in [-0.3, -0.25) is 0 Å². The van der Waals surface area contributed by atoms with Crippen LogP contribution in [0.5, 0.6) is 0 Å². The number of benzene rings is 6. The Morgan fingerprint density at radius 1 is 0.293 bits per heavy atom. The van der Waals surface area contributed by atoms with Crippen LogP contribution < -0.4 is 21.2 Å². The van der Waals surface area contributed by atoms with Gasteiger partial charge in [0, 0.05) is 0 Å². The summed E-state index contributed by atoms with van der Waals surface area (Å²) in [6.07, 6.45) is 40.6. The second kappa shape index (κ2) is 33.3. The Morgan fingerprint density at radius 3 is 0.867 bits per heavy atom. The zero-order chi connectivity index (χ0) is 52.7. The maximum absolute atomic E-state index is 16.9. The maximum atomic E-state index is 16.9. The van der Waals surface area contributed by atoms with Crippen LogP contribution in [0.2, 0.25) is 0 Å². The second-order valence-corrected chi connectivity index (χ2v) is 28.1. The smallest absolute Gasteiger partial charge is 0.0654 e. The molecule has 5 heteroatoms. The first kappa shape index (κ1) is 60.2. The van der Waals surface area contributed by atoms with Crippen molar-refractivity contribution < 1.29 is 12.4 Å². The van der Waals surface area contributed by atoms with Gasteiger partial charge in [0.15, 0.2) is 0 Å². The molecule has 408 valence electrons. The minimum absolute atomic E-state index is 0.399. The van der Waals surface area contributed by atoms with Gasteiger partial charge in [0.25, 0.3) is 0 Å². The van der Waals surface area contributed by atoms with Gasteiger partial charge in [-0.25, -0.2) is 0 Å². The molecule has 0 spiro atoms. The van der Waals surface area contributed by atoms with Crippen molar-refractivity contribution in [3.05, 3.63) is 162 Å². The van der Waals surface area contributed by atoms with E-state index >= 15 is 8.42 Å². The normalized spacial score (nSPS) is 12.5. The average Bonchev–Trinajstić information content (AvgIpc) is 3.50. The standard InChI is InChI=1S/C70H99O3PS/c1-4-7-10-13-16-19-22-25-28-43-56-65-66(57-44-29-26-23-20-17-14-11-8-5-2)68(59-45-30-27-24-21-18-15-12-9-6-3)70(69-60-47-46-58-67(65)69)75(71,72)73-74(61-48-35-31-36-49-61,62-50-37-32-38-51-62,63-52-39-33-40-53-63)64-54-41-34-42-55-64/h31-42,46-55,58,60H,4-30,43-45,56-57,59H2,1-3H3. The molecule has 0 N–H and O–H groups in total. The zero-order valence-corrected chi connectivity index (χ0v) is 49.0. The van der Waals surface area contributed by atoms with E-state index in [1.165, 1.54) is 172 Å². The van der Waals surface area contributed by atoms with Crippen molar-refractivity contribution in [2.24, 2.45) is 0 Å². The van der Waals surface area contributed by atoms with E-state index in [2.05, 4.69) is 93.6 Å². The first-order chi connectivity index (χ1) is 36.9. The third-order valence-electron chi connectivity index (χ3n) is 16.3. The molecule has 6 aromatic carbocycles. The first-order valence-corrected chi connectivity index (χ1v) is 34.2. The number of aryl methyl sites for hydroxylation is 1. The van der Waals surface area contributed by atoms with Gasteiger partial charge in [0.1, 0.15) is 0 Å². The predicted molar refractivity (Wildman–Crippen MR) is 330 cm³/mol. The van der Waals surface area contributed by atoms with Gasteiger partial charge >= 0.3 is 363 Å². The van der Waals surface area contributed by atoms with E-state index in [0.29, 0.717) is 4.90 Å². The summed E-state index contributed by atoms with van der Waals surface area (Å²) in [6.45, 7) is 2.26. The van der Waals surface area contributed by atoms with E-state index in [1.807, 2.05) is 72.8 Å². The molecular formula is C70H99O3PS. The summed E-state index contributed by atoms with van der Waals surface area (Å²) in [5.41, 5.74) is 3.70. The molecule has 6 rings (SSSR count). The third-order valence-corrected chi connectivity index (χ3v) is 24.4. The summed E-state index contributed by atoms with van der Waals surface area (Å²) >= 11 is 0. The number of hydrogen-bond acceptors (Lipinski definition) is 3. The summed E-state index contributed by atoms with van der Waals surface area (Å²) in [5.74, 6) is 0. The van der Waals surface area contributed by atoms with Gasteiger partial charge in [0.05, 0.1) is 0 Å². The quantitative estimate of drug-likeness (QED) is 0.0284. The predicted octanol–water partition coefficient (Wildman–Crippen LogP) is 19.7. The van der Waals surface area contributed by atoms with Gasteiger partial charge < -0.3 is 0 Å². The van der Waals surface area contributed by atoms with Crippen molar-refractivity contribution in [2.75, 3.05) is 0 Å². The van der Waals surface area contributed by atoms with Crippen LogP contribution in [0.4, 0.5) is 0 Å². The summed E-state index contributed by atoms with van der Waals surface area (Å²) in [5, 5.41) is 5.34. The molecule has 0 radical (unpaired) electrons. The molecule has 0 aliphatic heterocycles. The van der Waals surface area contributed by atoms with E-state index < -0.39 is 16.9 Å². The fraction of sp³-hybridized carbons (Fsp3) is 0.514. The Hall–Kier alpha value is -4.08. The summed E-state index contributed by atoms with van der Waals surface area (Å²) in [4.78, 5) is 0.399. The summed E-state index contributed by atoms with van der Waals surface area (Å²) in [7, 11) is -4.57. The van der Waals surface area contributed by atoms with Crippen molar-refractivity contribution >= 4 is 48.9 Å². The molecule has 0 aliphatic rings.